The zero-order chi connectivity index (χ0) is 16.8. The van der Waals surface area contributed by atoms with E-state index in [1.54, 1.807) is 12.1 Å². The van der Waals surface area contributed by atoms with Gasteiger partial charge in [-0.15, -0.1) is 6.58 Å². The number of likely N-dealkylation sites (N-methyl/N-ethyl adjacent to an activating group) is 1. The van der Waals surface area contributed by atoms with Crippen molar-refractivity contribution >= 4 is 11.8 Å². The van der Waals surface area contributed by atoms with Crippen LogP contribution in [0.3, 0.4) is 0 Å². The molecule has 0 saturated heterocycles. The number of carbonyl (C=O) groups excluding carboxylic acids is 2. The van der Waals surface area contributed by atoms with E-state index < -0.39 is 0 Å². The molecule has 1 N–H and O–H groups in total. The fourth-order valence-corrected chi connectivity index (χ4v) is 1.95. The highest BCUT2D eigenvalue weighted by Gasteiger charge is 2.19. The molecule has 6 heteroatoms. The third kappa shape index (κ3) is 4.29. The Kier molecular flexibility index (Phi) is 5.30. The molecule has 0 saturated carbocycles. The van der Waals surface area contributed by atoms with E-state index >= 15 is 0 Å². The summed E-state index contributed by atoms with van der Waals surface area (Å²) in [7, 11) is 1.54. The van der Waals surface area contributed by atoms with Crippen molar-refractivity contribution in [3.05, 3.63) is 54.2 Å². The molecule has 2 rings (SSSR count). The van der Waals surface area contributed by atoms with Crippen molar-refractivity contribution in [1.82, 2.24) is 15.4 Å². The van der Waals surface area contributed by atoms with Crippen LogP contribution in [0.15, 0.2) is 47.5 Å². The van der Waals surface area contributed by atoms with Crippen molar-refractivity contribution in [3.8, 4) is 11.3 Å². The lowest BCUT2D eigenvalue weighted by molar-refractivity contribution is -0.121. The molecule has 0 aliphatic heterocycles. The largest absolute Gasteiger partial charge is 0.355 e. The van der Waals surface area contributed by atoms with Gasteiger partial charge in [0.2, 0.25) is 5.91 Å². The molecule has 0 fully saturated rings. The average molecular weight is 313 g/mol. The Morgan fingerprint density at radius 2 is 2.04 bits per heavy atom. The van der Waals surface area contributed by atoms with Crippen molar-refractivity contribution in [3.63, 3.8) is 0 Å². The van der Waals surface area contributed by atoms with Gasteiger partial charge in [-0.25, -0.2) is 0 Å². The van der Waals surface area contributed by atoms with E-state index in [2.05, 4.69) is 17.1 Å². The van der Waals surface area contributed by atoms with Crippen LogP contribution in [0, 0.1) is 6.92 Å². The van der Waals surface area contributed by atoms with Gasteiger partial charge in [0.05, 0.1) is 6.54 Å². The van der Waals surface area contributed by atoms with Crippen LogP contribution in [-0.2, 0) is 4.79 Å². The van der Waals surface area contributed by atoms with E-state index in [4.69, 9.17) is 4.52 Å². The van der Waals surface area contributed by atoms with E-state index in [0.717, 1.165) is 11.1 Å². The Balaban J connectivity index is 2.04. The summed E-state index contributed by atoms with van der Waals surface area (Å²) in [5, 5.41) is 6.40. The number of amides is 2. The Bertz CT molecular complexity index is 704. The molecule has 2 aromatic rings. The zero-order valence-corrected chi connectivity index (χ0v) is 13.2. The highest BCUT2D eigenvalue weighted by Crippen LogP contribution is 2.21. The molecular weight excluding hydrogens is 294 g/mol. The van der Waals surface area contributed by atoms with Crippen LogP contribution >= 0.6 is 0 Å². The number of rotatable bonds is 6. The highest BCUT2D eigenvalue weighted by atomic mass is 16.5. The quantitative estimate of drug-likeness (QED) is 0.828. The number of carbonyl (C=O) groups is 2. The molecule has 1 aromatic carbocycles. The first kappa shape index (κ1) is 16.5. The van der Waals surface area contributed by atoms with Crippen LogP contribution in [0.5, 0.6) is 0 Å². The molecule has 120 valence electrons. The summed E-state index contributed by atoms with van der Waals surface area (Å²) >= 11 is 0. The summed E-state index contributed by atoms with van der Waals surface area (Å²) in [6, 6.07) is 9.28. The first-order chi connectivity index (χ1) is 11.0. The van der Waals surface area contributed by atoms with Crippen molar-refractivity contribution in [2.24, 2.45) is 0 Å². The second-order valence-corrected chi connectivity index (χ2v) is 5.20. The molecular formula is C17H19N3O3. The molecule has 23 heavy (non-hydrogen) atoms. The van der Waals surface area contributed by atoms with Gasteiger partial charge in [-0.2, -0.15) is 0 Å². The molecule has 1 aromatic heterocycles. The van der Waals surface area contributed by atoms with Gasteiger partial charge in [0.25, 0.3) is 5.91 Å². The maximum Gasteiger partial charge on any atom is 0.276 e. The lowest BCUT2D eigenvalue weighted by atomic mass is 10.1. The van der Waals surface area contributed by atoms with E-state index in [-0.39, 0.29) is 24.1 Å². The third-order valence-corrected chi connectivity index (χ3v) is 3.24. The Morgan fingerprint density at radius 3 is 2.70 bits per heavy atom. The van der Waals surface area contributed by atoms with E-state index in [9.17, 15) is 9.59 Å². The third-order valence-electron chi connectivity index (χ3n) is 3.24. The number of nitrogens with zero attached hydrogens (tertiary/aromatic N) is 2. The van der Waals surface area contributed by atoms with Crippen LogP contribution in [-0.4, -0.2) is 42.0 Å². The smallest absolute Gasteiger partial charge is 0.276 e. The number of aromatic nitrogens is 1. The van der Waals surface area contributed by atoms with Gasteiger partial charge in [-0.05, 0) is 6.92 Å². The van der Waals surface area contributed by atoms with E-state index in [0.29, 0.717) is 12.3 Å². The topological polar surface area (TPSA) is 75.4 Å². The van der Waals surface area contributed by atoms with E-state index in [1.165, 1.54) is 11.9 Å². The van der Waals surface area contributed by atoms with Gasteiger partial charge in [0, 0.05) is 25.2 Å². The van der Waals surface area contributed by atoms with Crippen molar-refractivity contribution in [2.45, 2.75) is 6.92 Å². The van der Waals surface area contributed by atoms with Crippen LogP contribution in [0.4, 0.5) is 0 Å². The fourth-order valence-electron chi connectivity index (χ4n) is 1.95. The number of nitrogens with one attached hydrogen (secondary N) is 1. The van der Waals surface area contributed by atoms with Gasteiger partial charge >= 0.3 is 0 Å². The minimum absolute atomic E-state index is 0.0562. The molecule has 2 amide bonds. The first-order valence-electron chi connectivity index (χ1n) is 7.18. The molecule has 0 radical (unpaired) electrons. The maximum absolute atomic E-state index is 12.3. The molecule has 6 nitrogen and oxygen atoms in total. The van der Waals surface area contributed by atoms with Crippen LogP contribution in [0.2, 0.25) is 0 Å². The number of aryl methyl sites for hydroxylation is 1. The molecule has 0 unspecified atom stereocenters. The van der Waals surface area contributed by atoms with Gasteiger partial charge < -0.3 is 14.7 Å². The van der Waals surface area contributed by atoms with Gasteiger partial charge in [0.15, 0.2) is 11.5 Å². The second kappa shape index (κ2) is 7.40. The highest BCUT2D eigenvalue weighted by molar-refractivity contribution is 5.95. The minimum atomic E-state index is -0.374. The Labute approximate surface area is 134 Å². The van der Waals surface area contributed by atoms with Crippen LogP contribution < -0.4 is 5.32 Å². The molecule has 0 aliphatic rings. The number of hydrogen-bond donors (Lipinski definition) is 1. The lowest BCUT2D eigenvalue weighted by Gasteiger charge is -2.14. The summed E-state index contributed by atoms with van der Waals surface area (Å²) in [6.45, 7) is 5.81. The van der Waals surface area contributed by atoms with Crippen LogP contribution in [0.25, 0.3) is 11.3 Å². The lowest BCUT2D eigenvalue weighted by Crippen LogP contribution is -2.38. The minimum Gasteiger partial charge on any atom is -0.355 e. The van der Waals surface area contributed by atoms with Gasteiger partial charge in [0.1, 0.15) is 0 Å². The van der Waals surface area contributed by atoms with Crippen molar-refractivity contribution < 1.29 is 14.1 Å². The summed E-state index contributed by atoms with van der Waals surface area (Å²) in [4.78, 5) is 25.2. The molecule has 1 heterocycles. The average Bonchev–Trinajstić information content (AvgIpc) is 3.02. The predicted molar refractivity (Wildman–Crippen MR) is 86.8 cm³/mol. The van der Waals surface area contributed by atoms with Gasteiger partial charge in [-0.3, -0.25) is 9.59 Å². The summed E-state index contributed by atoms with van der Waals surface area (Å²) in [6.07, 6.45) is 1.57. The second-order valence-electron chi connectivity index (χ2n) is 5.20. The molecule has 0 atom stereocenters. The maximum atomic E-state index is 12.3. The SMILES string of the molecule is C=CCNC(=O)CN(C)C(=O)c1cc(-c2ccc(C)cc2)on1. The Hall–Kier alpha value is -2.89. The standard InChI is InChI=1S/C17H19N3O3/c1-4-9-18-16(21)11-20(3)17(22)14-10-15(23-19-14)13-7-5-12(2)6-8-13/h4-8,10H,1,9,11H2,2-3H3,(H,18,21). The van der Waals surface area contributed by atoms with Gasteiger partial charge in [-0.1, -0.05) is 41.1 Å². The molecule has 0 bridgehead atoms. The monoisotopic (exact) mass is 313 g/mol. The summed E-state index contributed by atoms with van der Waals surface area (Å²) in [5.41, 5.74) is 2.14. The predicted octanol–water partition coefficient (Wildman–Crippen LogP) is 2.02. The number of hydrogen-bond acceptors (Lipinski definition) is 4. The Morgan fingerprint density at radius 1 is 1.35 bits per heavy atom. The normalized spacial score (nSPS) is 10.2. The molecule has 0 spiro atoms. The summed E-state index contributed by atoms with van der Waals surface area (Å²) in [5.74, 6) is -0.123. The molecule has 0 aliphatic carbocycles. The van der Waals surface area contributed by atoms with Crippen molar-refractivity contribution in [1.29, 1.82) is 0 Å². The number of benzene rings is 1. The van der Waals surface area contributed by atoms with E-state index in [1.807, 2.05) is 31.2 Å². The van der Waals surface area contributed by atoms with Crippen LogP contribution in [0.1, 0.15) is 16.1 Å². The first-order valence-corrected chi connectivity index (χ1v) is 7.18. The zero-order valence-electron chi connectivity index (χ0n) is 13.2. The fraction of sp³-hybridized carbons (Fsp3) is 0.235. The van der Waals surface area contributed by atoms with Crippen molar-refractivity contribution in [2.75, 3.05) is 20.1 Å². The summed E-state index contributed by atoms with van der Waals surface area (Å²) < 4.78 is 5.22.